The third kappa shape index (κ3) is 4.87. The fourth-order valence-electron chi connectivity index (χ4n) is 1.50. The Hall–Kier alpha value is -1.62. The molecule has 1 aromatic rings. The summed E-state index contributed by atoms with van der Waals surface area (Å²) in [5, 5.41) is 11.4. The number of hydrogen-bond donors (Lipinski definition) is 2. The molecule has 0 aliphatic carbocycles. The quantitative estimate of drug-likeness (QED) is 0.791. The molecule has 0 spiro atoms. The number of nitrogens with one attached hydrogen (secondary N) is 1. The van der Waals surface area contributed by atoms with Crippen LogP contribution < -0.4 is 5.32 Å². The van der Waals surface area contributed by atoms with E-state index in [1.807, 2.05) is 0 Å². The molecule has 6 heteroatoms. The zero-order chi connectivity index (χ0) is 14.4. The minimum absolute atomic E-state index is 0.0522. The Morgan fingerprint density at radius 2 is 2.16 bits per heavy atom. The van der Waals surface area contributed by atoms with Gasteiger partial charge in [0.25, 0.3) is 5.91 Å². The number of amides is 1. The zero-order valence-electron chi connectivity index (χ0n) is 10.5. The molecule has 1 amide bonds. The number of carboxylic acids is 1. The molecule has 0 heterocycles. The maximum atomic E-state index is 12.8. The van der Waals surface area contributed by atoms with Gasteiger partial charge in [0.2, 0.25) is 0 Å². The highest BCUT2D eigenvalue weighted by molar-refractivity contribution is 6.33. The highest BCUT2D eigenvalue weighted by Crippen LogP contribution is 2.17. The van der Waals surface area contributed by atoms with Crippen molar-refractivity contribution >= 4 is 23.5 Å². The van der Waals surface area contributed by atoms with Crippen LogP contribution in [0.2, 0.25) is 5.02 Å². The molecular formula is C13H15ClFNO3. The molecule has 4 nitrogen and oxygen atoms in total. The van der Waals surface area contributed by atoms with Gasteiger partial charge in [0.1, 0.15) is 5.82 Å². The lowest BCUT2D eigenvalue weighted by Gasteiger charge is -2.08. The van der Waals surface area contributed by atoms with E-state index in [4.69, 9.17) is 16.7 Å². The number of carbonyl (C=O) groups is 2. The molecule has 0 bridgehead atoms. The Labute approximate surface area is 115 Å². The molecule has 1 unspecified atom stereocenters. The molecule has 1 rings (SSSR count). The summed E-state index contributed by atoms with van der Waals surface area (Å²) < 4.78 is 12.8. The summed E-state index contributed by atoms with van der Waals surface area (Å²) in [5.41, 5.74) is 0.203. The fourth-order valence-corrected chi connectivity index (χ4v) is 1.76. The molecule has 104 valence electrons. The van der Waals surface area contributed by atoms with Gasteiger partial charge in [-0.1, -0.05) is 18.5 Å². The molecule has 0 saturated heterocycles. The van der Waals surface area contributed by atoms with E-state index in [1.54, 1.807) is 6.92 Å². The lowest BCUT2D eigenvalue weighted by molar-refractivity contribution is -0.141. The Morgan fingerprint density at radius 3 is 2.74 bits per heavy atom. The van der Waals surface area contributed by atoms with E-state index in [0.717, 1.165) is 12.1 Å². The number of benzene rings is 1. The normalized spacial score (nSPS) is 11.9. The summed E-state index contributed by atoms with van der Waals surface area (Å²) in [5.74, 6) is -2.19. The van der Waals surface area contributed by atoms with Gasteiger partial charge in [-0.15, -0.1) is 0 Å². The van der Waals surface area contributed by atoms with Crippen LogP contribution in [0, 0.1) is 11.7 Å². The molecule has 0 aliphatic heterocycles. The van der Waals surface area contributed by atoms with E-state index in [0.29, 0.717) is 19.4 Å². The van der Waals surface area contributed by atoms with E-state index >= 15 is 0 Å². The van der Waals surface area contributed by atoms with Gasteiger partial charge < -0.3 is 10.4 Å². The maximum absolute atomic E-state index is 12.8. The Kier molecular flexibility index (Phi) is 5.76. The van der Waals surface area contributed by atoms with Gasteiger partial charge in [-0.3, -0.25) is 9.59 Å². The number of hydrogen-bond acceptors (Lipinski definition) is 2. The van der Waals surface area contributed by atoms with Crippen molar-refractivity contribution in [2.24, 2.45) is 5.92 Å². The lowest BCUT2D eigenvalue weighted by Crippen LogP contribution is -2.25. The van der Waals surface area contributed by atoms with Gasteiger partial charge in [0, 0.05) is 6.54 Å². The van der Waals surface area contributed by atoms with Crippen molar-refractivity contribution in [2.75, 3.05) is 6.54 Å². The monoisotopic (exact) mass is 287 g/mol. The van der Waals surface area contributed by atoms with Crippen LogP contribution in [-0.2, 0) is 4.79 Å². The first kappa shape index (κ1) is 15.4. The van der Waals surface area contributed by atoms with Crippen LogP contribution in [0.25, 0.3) is 0 Å². The topological polar surface area (TPSA) is 66.4 Å². The minimum atomic E-state index is -0.854. The molecule has 0 fully saturated rings. The van der Waals surface area contributed by atoms with Crippen LogP contribution in [0.5, 0.6) is 0 Å². The number of rotatable bonds is 6. The number of halogens is 2. The summed E-state index contributed by atoms with van der Waals surface area (Å²) in [7, 11) is 0. The Balaban J connectivity index is 2.41. The van der Waals surface area contributed by atoms with Crippen molar-refractivity contribution < 1.29 is 19.1 Å². The third-order valence-corrected chi connectivity index (χ3v) is 3.01. The summed E-state index contributed by atoms with van der Waals surface area (Å²) >= 11 is 5.75. The van der Waals surface area contributed by atoms with Crippen LogP contribution in [0.3, 0.4) is 0 Å². The van der Waals surface area contributed by atoms with E-state index in [-0.39, 0.29) is 10.6 Å². The molecule has 2 N–H and O–H groups in total. The molecule has 0 aliphatic rings. The Bertz CT molecular complexity index is 479. The largest absolute Gasteiger partial charge is 0.481 e. The number of carbonyl (C=O) groups excluding carboxylic acids is 1. The molecule has 1 aromatic carbocycles. The van der Waals surface area contributed by atoms with E-state index in [2.05, 4.69) is 5.32 Å². The molecule has 1 atom stereocenters. The summed E-state index contributed by atoms with van der Waals surface area (Å²) in [6, 6.07) is 3.54. The number of aliphatic carboxylic acids is 1. The first-order valence-electron chi connectivity index (χ1n) is 5.88. The minimum Gasteiger partial charge on any atom is -0.481 e. The van der Waals surface area contributed by atoms with Gasteiger partial charge in [-0.2, -0.15) is 0 Å². The zero-order valence-corrected chi connectivity index (χ0v) is 11.2. The predicted octanol–water partition coefficient (Wildman–Crippen LogP) is 2.71. The van der Waals surface area contributed by atoms with Crippen LogP contribution >= 0.6 is 11.6 Å². The molecule has 19 heavy (non-hydrogen) atoms. The number of carboxylic acid groups (broad SMARTS) is 1. The average molecular weight is 288 g/mol. The van der Waals surface area contributed by atoms with Crippen molar-refractivity contribution in [1.82, 2.24) is 5.32 Å². The highest BCUT2D eigenvalue weighted by Gasteiger charge is 2.12. The second kappa shape index (κ2) is 7.09. The van der Waals surface area contributed by atoms with Crippen LogP contribution in [0.4, 0.5) is 4.39 Å². The van der Waals surface area contributed by atoms with Gasteiger partial charge in [0.15, 0.2) is 0 Å². The first-order chi connectivity index (χ1) is 8.91. The van der Waals surface area contributed by atoms with Crippen molar-refractivity contribution in [1.29, 1.82) is 0 Å². The lowest BCUT2D eigenvalue weighted by atomic mass is 10.1. The smallest absolute Gasteiger partial charge is 0.306 e. The highest BCUT2D eigenvalue weighted by atomic mass is 35.5. The first-order valence-corrected chi connectivity index (χ1v) is 6.25. The summed E-state index contributed by atoms with van der Waals surface area (Å²) in [6.07, 6.45) is 1.03. The van der Waals surface area contributed by atoms with E-state index in [9.17, 15) is 14.0 Å². The molecule has 0 aromatic heterocycles. The molecule has 0 radical (unpaired) electrons. The van der Waals surface area contributed by atoms with Crippen LogP contribution in [0.1, 0.15) is 30.1 Å². The van der Waals surface area contributed by atoms with Crippen molar-refractivity contribution in [3.05, 3.63) is 34.6 Å². The van der Waals surface area contributed by atoms with E-state index in [1.165, 1.54) is 6.07 Å². The van der Waals surface area contributed by atoms with Crippen molar-refractivity contribution in [2.45, 2.75) is 19.8 Å². The van der Waals surface area contributed by atoms with Crippen LogP contribution in [-0.4, -0.2) is 23.5 Å². The van der Waals surface area contributed by atoms with E-state index < -0.39 is 23.6 Å². The average Bonchev–Trinajstić information content (AvgIpc) is 2.33. The standard InChI is InChI=1S/C13H15ClFNO3/c1-8(13(18)19)3-2-6-16-12(17)10-5-4-9(15)7-11(10)14/h4-5,7-8H,2-3,6H2,1H3,(H,16,17)(H,18,19). The SMILES string of the molecule is CC(CCCNC(=O)c1ccc(F)cc1Cl)C(=O)O. The third-order valence-electron chi connectivity index (χ3n) is 2.70. The summed E-state index contributed by atoms with van der Waals surface area (Å²) in [4.78, 5) is 22.3. The Morgan fingerprint density at radius 1 is 1.47 bits per heavy atom. The van der Waals surface area contributed by atoms with Gasteiger partial charge >= 0.3 is 5.97 Å². The molecular weight excluding hydrogens is 273 g/mol. The van der Waals surface area contributed by atoms with Crippen LogP contribution in [0.15, 0.2) is 18.2 Å². The predicted molar refractivity (Wildman–Crippen MR) is 69.8 cm³/mol. The van der Waals surface area contributed by atoms with Gasteiger partial charge in [-0.05, 0) is 31.0 Å². The second-order valence-corrected chi connectivity index (χ2v) is 4.67. The van der Waals surface area contributed by atoms with Crippen molar-refractivity contribution in [3.63, 3.8) is 0 Å². The second-order valence-electron chi connectivity index (χ2n) is 4.26. The summed E-state index contributed by atoms with van der Waals surface area (Å²) in [6.45, 7) is 1.96. The maximum Gasteiger partial charge on any atom is 0.306 e. The van der Waals surface area contributed by atoms with Gasteiger partial charge in [0.05, 0.1) is 16.5 Å². The fraction of sp³-hybridized carbons (Fsp3) is 0.385. The van der Waals surface area contributed by atoms with Crippen molar-refractivity contribution in [3.8, 4) is 0 Å². The molecule has 0 saturated carbocycles. The van der Waals surface area contributed by atoms with Gasteiger partial charge in [-0.25, -0.2) is 4.39 Å².